The molecule has 120 valence electrons. The van der Waals surface area contributed by atoms with Crippen LogP contribution in [0.15, 0.2) is 24.3 Å². The molecule has 0 spiro atoms. The third-order valence-corrected chi connectivity index (χ3v) is 5.59. The molecule has 1 fully saturated rings. The Morgan fingerprint density at radius 2 is 2.00 bits per heavy atom. The number of piperazine rings is 1. The number of carbonyl (C=O) groups is 2. The van der Waals surface area contributed by atoms with E-state index in [0.717, 1.165) is 0 Å². The first-order valence-electron chi connectivity index (χ1n) is 6.81. The first-order chi connectivity index (χ1) is 10.3. The van der Waals surface area contributed by atoms with E-state index in [1.807, 2.05) is 0 Å². The van der Waals surface area contributed by atoms with E-state index in [0.29, 0.717) is 18.7 Å². The molecule has 0 aliphatic carbocycles. The maximum Gasteiger partial charge on any atom is 0.239 e. The van der Waals surface area contributed by atoms with Crippen molar-refractivity contribution in [3.05, 3.63) is 35.6 Å². The van der Waals surface area contributed by atoms with E-state index in [2.05, 4.69) is 5.32 Å². The van der Waals surface area contributed by atoms with E-state index in [-0.39, 0.29) is 12.5 Å². The molecule has 1 N–H and O–H groups in total. The Kier molecular flexibility index (Phi) is 4.80. The van der Waals surface area contributed by atoms with Gasteiger partial charge in [-0.2, -0.15) is 0 Å². The largest absolute Gasteiger partial charge is 0.353 e. The molecule has 0 bridgehead atoms. The summed E-state index contributed by atoms with van der Waals surface area (Å²) in [5, 5.41) is 1.65. The Morgan fingerprint density at radius 3 is 2.59 bits per heavy atom. The standard InChI is InChI=1S/C14H17FN2O4S/c1-10(11-2-4-12(15)5-3-11)22(20,21)9-14(19)17-7-6-16-13(18)8-17/h2-5,10H,6-9H2,1H3,(H,16,18)/t10-/m0/s1. The van der Waals surface area contributed by atoms with Crippen LogP contribution in [0.5, 0.6) is 0 Å². The molecule has 8 heteroatoms. The van der Waals surface area contributed by atoms with Crippen LogP contribution < -0.4 is 5.32 Å². The Morgan fingerprint density at radius 1 is 1.36 bits per heavy atom. The van der Waals surface area contributed by atoms with Gasteiger partial charge in [-0.05, 0) is 24.6 Å². The zero-order valence-electron chi connectivity index (χ0n) is 12.1. The molecule has 1 atom stereocenters. The van der Waals surface area contributed by atoms with Gasteiger partial charge in [0.05, 0.1) is 11.8 Å². The molecular formula is C14H17FN2O4S. The van der Waals surface area contributed by atoms with Crippen molar-refractivity contribution < 1.29 is 22.4 Å². The lowest BCUT2D eigenvalue weighted by molar-refractivity contribution is -0.136. The Bertz CT molecular complexity index is 673. The second kappa shape index (κ2) is 6.43. The summed E-state index contributed by atoms with van der Waals surface area (Å²) in [6, 6.07) is 5.13. The van der Waals surface area contributed by atoms with Gasteiger partial charge < -0.3 is 10.2 Å². The van der Waals surface area contributed by atoms with Gasteiger partial charge in [0.15, 0.2) is 9.84 Å². The highest BCUT2D eigenvalue weighted by molar-refractivity contribution is 7.92. The van der Waals surface area contributed by atoms with E-state index >= 15 is 0 Å². The maximum absolute atomic E-state index is 12.9. The van der Waals surface area contributed by atoms with E-state index in [9.17, 15) is 22.4 Å². The van der Waals surface area contributed by atoms with Crippen LogP contribution in [0.2, 0.25) is 0 Å². The van der Waals surface area contributed by atoms with Crippen LogP contribution in [0.4, 0.5) is 4.39 Å². The van der Waals surface area contributed by atoms with Crippen molar-refractivity contribution in [1.82, 2.24) is 10.2 Å². The molecule has 0 radical (unpaired) electrons. The van der Waals surface area contributed by atoms with Crippen molar-refractivity contribution in [2.24, 2.45) is 0 Å². The molecule has 1 aliphatic heterocycles. The van der Waals surface area contributed by atoms with Crippen LogP contribution in [-0.2, 0) is 19.4 Å². The van der Waals surface area contributed by atoms with Gasteiger partial charge >= 0.3 is 0 Å². The predicted octanol–water partition coefficient (Wildman–Crippen LogP) is 0.260. The maximum atomic E-state index is 12.9. The third kappa shape index (κ3) is 3.82. The molecule has 2 rings (SSSR count). The Hall–Kier alpha value is -1.96. The molecule has 0 unspecified atom stereocenters. The average Bonchev–Trinajstić information content (AvgIpc) is 2.47. The highest BCUT2D eigenvalue weighted by Gasteiger charge is 2.30. The lowest BCUT2D eigenvalue weighted by Gasteiger charge is -2.27. The number of sulfone groups is 1. The summed E-state index contributed by atoms with van der Waals surface area (Å²) in [7, 11) is -3.74. The number of hydrogen-bond donors (Lipinski definition) is 1. The number of nitrogens with one attached hydrogen (secondary N) is 1. The van der Waals surface area contributed by atoms with E-state index in [1.54, 1.807) is 0 Å². The second-order valence-corrected chi connectivity index (χ2v) is 7.49. The van der Waals surface area contributed by atoms with Crippen LogP contribution in [0.25, 0.3) is 0 Å². The zero-order chi connectivity index (χ0) is 16.3. The first kappa shape index (κ1) is 16.4. The van der Waals surface area contributed by atoms with Crippen molar-refractivity contribution >= 4 is 21.7 Å². The van der Waals surface area contributed by atoms with Crippen molar-refractivity contribution in [2.45, 2.75) is 12.2 Å². The van der Waals surface area contributed by atoms with Gasteiger partial charge in [-0.3, -0.25) is 9.59 Å². The van der Waals surface area contributed by atoms with E-state index in [1.165, 1.54) is 36.1 Å². The number of hydrogen-bond acceptors (Lipinski definition) is 4. The van der Waals surface area contributed by atoms with Crippen LogP contribution in [0.1, 0.15) is 17.7 Å². The lowest BCUT2D eigenvalue weighted by atomic mass is 10.2. The smallest absolute Gasteiger partial charge is 0.239 e. The van der Waals surface area contributed by atoms with E-state index < -0.39 is 32.6 Å². The van der Waals surface area contributed by atoms with Crippen molar-refractivity contribution in [3.8, 4) is 0 Å². The molecule has 22 heavy (non-hydrogen) atoms. The summed E-state index contributed by atoms with van der Waals surface area (Å²) in [4.78, 5) is 24.5. The third-order valence-electron chi connectivity index (χ3n) is 3.59. The lowest BCUT2D eigenvalue weighted by Crippen LogP contribution is -2.51. The summed E-state index contributed by atoms with van der Waals surface area (Å²) in [5.74, 6) is -2.02. The highest BCUT2D eigenvalue weighted by atomic mass is 32.2. The number of halogens is 1. The minimum absolute atomic E-state index is 0.126. The molecular weight excluding hydrogens is 311 g/mol. The molecule has 1 heterocycles. The molecule has 6 nitrogen and oxygen atoms in total. The van der Waals surface area contributed by atoms with Crippen LogP contribution in [0.3, 0.4) is 0 Å². The van der Waals surface area contributed by atoms with Gasteiger partial charge in [0.25, 0.3) is 0 Å². The summed E-state index contributed by atoms with van der Waals surface area (Å²) in [5.41, 5.74) is 0.422. The molecule has 0 aromatic heterocycles. The fourth-order valence-corrected chi connectivity index (χ4v) is 3.53. The fourth-order valence-electron chi connectivity index (χ4n) is 2.18. The summed E-state index contributed by atoms with van der Waals surface area (Å²) >= 11 is 0. The van der Waals surface area contributed by atoms with Gasteiger partial charge in [-0.1, -0.05) is 12.1 Å². The molecule has 0 saturated carbocycles. The quantitative estimate of drug-likeness (QED) is 0.859. The topological polar surface area (TPSA) is 83.6 Å². The SMILES string of the molecule is C[C@@H](c1ccc(F)cc1)S(=O)(=O)CC(=O)N1CCNC(=O)C1. The van der Waals surface area contributed by atoms with Gasteiger partial charge in [-0.15, -0.1) is 0 Å². The molecule has 1 saturated heterocycles. The Labute approximate surface area is 128 Å². The molecule has 1 aromatic rings. The number of carbonyl (C=O) groups excluding carboxylic acids is 2. The Balaban J connectivity index is 2.08. The molecule has 2 amide bonds. The van der Waals surface area contributed by atoms with Gasteiger partial charge in [0.1, 0.15) is 11.6 Å². The van der Waals surface area contributed by atoms with Crippen LogP contribution >= 0.6 is 0 Å². The summed E-state index contributed by atoms with van der Waals surface area (Å²) in [6.45, 7) is 1.95. The highest BCUT2D eigenvalue weighted by Crippen LogP contribution is 2.23. The van der Waals surface area contributed by atoms with Gasteiger partial charge in [-0.25, -0.2) is 12.8 Å². The number of benzene rings is 1. The van der Waals surface area contributed by atoms with Gasteiger partial charge in [0, 0.05) is 13.1 Å². The van der Waals surface area contributed by atoms with Gasteiger partial charge in [0.2, 0.25) is 11.8 Å². The predicted molar refractivity (Wildman–Crippen MR) is 78.2 cm³/mol. The van der Waals surface area contributed by atoms with Crippen molar-refractivity contribution in [1.29, 1.82) is 0 Å². The normalized spacial score (nSPS) is 17.0. The monoisotopic (exact) mass is 328 g/mol. The number of nitrogens with zero attached hydrogens (tertiary/aromatic N) is 1. The average molecular weight is 328 g/mol. The van der Waals surface area contributed by atoms with Crippen molar-refractivity contribution in [3.63, 3.8) is 0 Å². The minimum atomic E-state index is -3.74. The molecule has 1 aromatic carbocycles. The number of amides is 2. The first-order valence-corrected chi connectivity index (χ1v) is 8.52. The number of rotatable bonds is 4. The second-order valence-electron chi connectivity index (χ2n) is 5.17. The molecule has 1 aliphatic rings. The summed E-state index contributed by atoms with van der Waals surface area (Å²) in [6.07, 6.45) is 0. The fraction of sp³-hybridized carbons (Fsp3) is 0.429. The van der Waals surface area contributed by atoms with Crippen LogP contribution in [-0.4, -0.2) is 50.5 Å². The van der Waals surface area contributed by atoms with Crippen molar-refractivity contribution in [2.75, 3.05) is 25.4 Å². The minimum Gasteiger partial charge on any atom is -0.353 e. The zero-order valence-corrected chi connectivity index (χ0v) is 12.9. The summed E-state index contributed by atoms with van der Waals surface area (Å²) < 4.78 is 37.5. The van der Waals surface area contributed by atoms with E-state index in [4.69, 9.17) is 0 Å². The van der Waals surface area contributed by atoms with Crippen LogP contribution in [0, 0.1) is 5.82 Å².